The molecule has 0 atom stereocenters. The number of nitrogens with zero attached hydrogens (tertiary/aromatic N) is 1. The van der Waals surface area contributed by atoms with Crippen LogP contribution >= 0.6 is 0 Å². The minimum Gasteiger partial charge on any atom is -0.497 e. The zero-order chi connectivity index (χ0) is 19.5. The van der Waals surface area contributed by atoms with Crippen LogP contribution in [0.4, 0.5) is 10.1 Å². The molecule has 5 nitrogen and oxygen atoms in total. The molecule has 0 fully saturated rings. The lowest BCUT2D eigenvalue weighted by atomic mass is 10.1. The van der Waals surface area contributed by atoms with Gasteiger partial charge in [0.15, 0.2) is 5.58 Å². The van der Waals surface area contributed by atoms with Crippen LogP contribution in [0.15, 0.2) is 71.1 Å². The maximum Gasteiger partial charge on any atom is 0.230 e. The van der Waals surface area contributed by atoms with Crippen molar-refractivity contribution < 1.29 is 18.3 Å². The monoisotopic (exact) mass is 376 g/mol. The number of oxazole rings is 1. The highest BCUT2D eigenvalue weighted by Gasteiger charge is 2.13. The highest BCUT2D eigenvalue weighted by Crippen LogP contribution is 2.27. The molecule has 4 aromatic rings. The van der Waals surface area contributed by atoms with Crippen molar-refractivity contribution in [2.75, 3.05) is 12.4 Å². The Morgan fingerprint density at radius 1 is 1.11 bits per heavy atom. The molecule has 1 aromatic heterocycles. The molecule has 0 aliphatic carbocycles. The summed E-state index contributed by atoms with van der Waals surface area (Å²) in [5, 5.41) is 2.85. The lowest BCUT2D eigenvalue weighted by Crippen LogP contribution is -2.14. The Balaban J connectivity index is 1.51. The molecule has 140 valence electrons. The molecular formula is C22H17FN2O3. The average molecular weight is 376 g/mol. The Bertz CT molecular complexity index is 1140. The highest BCUT2D eigenvalue weighted by atomic mass is 19.1. The van der Waals surface area contributed by atoms with Crippen molar-refractivity contribution in [3.63, 3.8) is 0 Å². The first-order valence-corrected chi connectivity index (χ1v) is 8.70. The van der Waals surface area contributed by atoms with E-state index in [1.165, 1.54) is 6.07 Å². The minimum atomic E-state index is -0.401. The molecule has 4 rings (SSSR count). The molecule has 1 heterocycles. The topological polar surface area (TPSA) is 64.4 Å². The predicted molar refractivity (Wildman–Crippen MR) is 105 cm³/mol. The van der Waals surface area contributed by atoms with Gasteiger partial charge < -0.3 is 14.5 Å². The molecule has 28 heavy (non-hydrogen) atoms. The summed E-state index contributed by atoms with van der Waals surface area (Å²) in [6, 6.07) is 18.8. The van der Waals surface area contributed by atoms with E-state index in [1.54, 1.807) is 43.5 Å². The van der Waals surface area contributed by atoms with Crippen LogP contribution in [0.3, 0.4) is 0 Å². The number of carbonyl (C=O) groups excluding carboxylic acids is 1. The third kappa shape index (κ3) is 3.71. The smallest absolute Gasteiger partial charge is 0.230 e. The van der Waals surface area contributed by atoms with Crippen LogP contribution in [0, 0.1) is 5.82 Å². The number of nitrogens with one attached hydrogen (secondary N) is 1. The summed E-state index contributed by atoms with van der Waals surface area (Å²) in [6.07, 6.45) is 0.237. The van der Waals surface area contributed by atoms with E-state index in [4.69, 9.17) is 9.15 Å². The number of amides is 1. The number of carbonyl (C=O) groups is 1. The summed E-state index contributed by atoms with van der Waals surface area (Å²) in [6.45, 7) is 0. The molecule has 3 aromatic carbocycles. The van der Waals surface area contributed by atoms with Crippen molar-refractivity contribution in [3.8, 4) is 17.2 Å². The van der Waals surface area contributed by atoms with E-state index in [0.29, 0.717) is 22.4 Å². The molecule has 0 saturated heterocycles. The fourth-order valence-electron chi connectivity index (χ4n) is 2.89. The third-order valence-electron chi connectivity index (χ3n) is 4.30. The van der Waals surface area contributed by atoms with Crippen molar-refractivity contribution in [1.29, 1.82) is 0 Å². The number of benzene rings is 3. The summed E-state index contributed by atoms with van der Waals surface area (Å²) in [7, 11) is 1.60. The Morgan fingerprint density at radius 3 is 2.64 bits per heavy atom. The van der Waals surface area contributed by atoms with Crippen LogP contribution in [0.5, 0.6) is 5.75 Å². The van der Waals surface area contributed by atoms with Crippen LogP contribution in [-0.4, -0.2) is 18.0 Å². The molecule has 0 spiro atoms. The minimum absolute atomic E-state index is 0.151. The summed E-state index contributed by atoms with van der Waals surface area (Å²) in [5.41, 5.74) is 2.83. The highest BCUT2D eigenvalue weighted by molar-refractivity contribution is 5.94. The van der Waals surface area contributed by atoms with Crippen LogP contribution in [0.25, 0.3) is 22.6 Å². The molecule has 1 N–H and O–H groups in total. The maximum absolute atomic E-state index is 13.9. The molecule has 0 radical (unpaired) electrons. The molecule has 0 saturated carbocycles. The number of aromatic nitrogens is 1. The van der Waals surface area contributed by atoms with Crippen LogP contribution < -0.4 is 10.1 Å². The lowest BCUT2D eigenvalue weighted by molar-refractivity contribution is -0.115. The zero-order valence-corrected chi connectivity index (χ0v) is 15.1. The second-order valence-electron chi connectivity index (χ2n) is 6.25. The number of hydrogen-bond donors (Lipinski definition) is 1. The van der Waals surface area contributed by atoms with Gasteiger partial charge in [-0.05, 0) is 48.0 Å². The van der Waals surface area contributed by atoms with Gasteiger partial charge in [-0.3, -0.25) is 4.79 Å². The van der Waals surface area contributed by atoms with Gasteiger partial charge in [-0.1, -0.05) is 24.3 Å². The Kier molecular flexibility index (Phi) is 4.76. The van der Waals surface area contributed by atoms with Gasteiger partial charge in [0.2, 0.25) is 11.8 Å². The second kappa shape index (κ2) is 7.52. The van der Waals surface area contributed by atoms with E-state index in [0.717, 1.165) is 11.3 Å². The maximum atomic E-state index is 13.9. The van der Waals surface area contributed by atoms with Crippen molar-refractivity contribution in [3.05, 3.63) is 78.1 Å². The molecule has 0 aliphatic heterocycles. The van der Waals surface area contributed by atoms with Crippen molar-refractivity contribution >= 4 is 22.7 Å². The Labute approximate surface area is 160 Å². The quantitative estimate of drug-likeness (QED) is 0.542. The van der Waals surface area contributed by atoms with E-state index < -0.39 is 5.82 Å². The molecule has 0 bridgehead atoms. The molecule has 0 unspecified atom stereocenters. The molecule has 0 aliphatic rings. The Hall–Kier alpha value is -3.67. The summed E-state index contributed by atoms with van der Waals surface area (Å²) in [4.78, 5) is 16.7. The number of halogens is 1. The van der Waals surface area contributed by atoms with Crippen molar-refractivity contribution in [2.24, 2.45) is 0 Å². The second-order valence-corrected chi connectivity index (χ2v) is 6.25. The average Bonchev–Trinajstić information content (AvgIpc) is 3.12. The third-order valence-corrected chi connectivity index (χ3v) is 4.30. The van der Waals surface area contributed by atoms with E-state index in [9.17, 15) is 9.18 Å². The standard InChI is InChI=1S/C22H17FN2O3/c1-27-16-9-6-14(7-10-16)12-21(26)24-15-8-11-20-19(13-15)25-22(28-20)17-4-2-3-5-18(17)23/h2-11,13H,12H2,1H3,(H,24,26). The number of anilines is 1. The first-order chi connectivity index (χ1) is 13.6. The van der Waals surface area contributed by atoms with E-state index in [2.05, 4.69) is 10.3 Å². The molecule has 6 heteroatoms. The number of ether oxygens (including phenoxy) is 1. The predicted octanol–water partition coefficient (Wildman–Crippen LogP) is 4.82. The summed E-state index contributed by atoms with van der Waals surface area (Å²) in [5.74, 6) is 0.394. The van der Waals surface area contributed by atoms with Crippen molar-refractivity contribution in [2.45, 2.75) is 6.42 Å². The van der Waals surface area contributed by atoms with Crippen molar-refractivity contribution in [1.82, 2.24) is 4.98 Å². The van der Waals surface area contributed by atoms with Gasteiger partial charge in [-0.25, -0.2) is 9.37 Å². The normalized spacial score (nSPS) is 10.8. The van der Waals surface area contributed by atoms with Crippen LogP contribution in [-0.2, 0) is 11.2 Å². The fourth-order valence-corrected chi connectivity index (χ4v) is 2.89. The van der Waals surface area contributed by atoms with E-state index >= 15 is 0 Å². The van der Waals surface area contributed by atoms with Crippen LogP contribution in [0.1, 0.15) is 5.56 Å². The van der Waals surface area contributed by atoms with E-state index in [1.807, 2.05) is 24.3 Å². The number of fused-ring (bicyclic) bond motifs is 1. The van der Waals surface area contributed by atoms with Gasteiger partial charge in [-0.2, -0.15) is 0 Å². The Morgan fingerprint density at radius 2 is 1.89 bits per heavy atom. The number of hydrogen-bond acceptors (Lipinski definition) is 4. The van der Waals surface area contributed by atoms with Gasteiger partial charge in [0.25, 0.3) is 0 Å². The largest absolute Gasteiger partial charge is 0.497 e. The van der Waals surface area contributed by atoms with Gasteiger partial charge in [-0.15, -0.1) is 0 Å². The summed E-state index contributed by atoms with van der Waals surface area (Å²) < 4.78 is 24.7. The van der Waals surface area contributed by atoms with Gasteiger partial charge in [0.05, 0.1) is 19.1 Å². The summed E-state index contributed by atoms with van der Waals surface area (Å²) >= 11 is 0. The molecule has 1 amide bonds. The zero-order valence-electron chi connectivity index (χ0n) is 15.1. The van der Waals surface area contributed by atoms with Gasteiger partial charge in [0, 0.05) is 5.69 Å². The SMILES string of the molecule is COc1ccc(CC(=O)Nc2ccc3oc(-c4ccccc4F)nc3c2)cc1. The lowest BCUT2D eigenvalue weighted by Gasteiger charge is -2.06. The molecular weight excluding hydrogens is 359 g/mol. The van der Waals surface area contributed by atoms with Gasteiger partial charge in [0.1, 0.15) is 17.1 Å². The van der Waals surface area contributed by atoms with Gasteiger partial charge >= 0.3 is 0 Å². The van der Waals surface area contributed by atoms with Crippen LogP contribution in [0.2, 0.25) is 0 Å². The van der Waals surface area contributed by atoms with E-state index in [-0.39, 0.29) is 18.2 Å². The first kappa shape index (κ1) is 17.7. The first-order valence-electron chi connectivity index (χ1n) is 8.70. The fraction of sp³-hybridized carbons (Fsp3) is 0.0909. The number of methoxy groups -OCH3 is 1. The number of rotatable bonds is 5.